The summed E-state index contributed by atoms with van der Waals surface area (Å²) < 4.78 is 5.50. The molecule has 2 heterocycles. The topological polar surface area (TPSA) is 29.5 Å². The summed E-state index contributed by atoms with van der Waals surface area (Å²) in [5.41, 5.74) is -0.582. The van der Waals surface area contributed by atoms with Gasteiger partial charge >= 0.3 is 0 Å². The van der Waals surface area contributed by atoms with Gasteiger partial charge in [-0.05, 0) is 26.7 Å². The standard InChI is InChI=1S/C9H15NO2/c1-9(2)8(11)10-5-3-4-7(10)6-12-9/h7H,3-6H2,1-2H3/t7-/m0/s1. The van der Waals surface area contributed by atoms with Crippen LogP contribution in [0.1, 0.15) is 26.7 Å². The molecule has 0 radical (unpaired) electrons. The molecule has 2 fully saturated rings. The van der Waals surface area contributed by atoms with Crippen molar-refractivity contribution in [2.24, 2.45) is 0 Å². The molecule has 2 saturated heterocycles. The average molecular weight is 169 g/mol. The highest BCUT2D eigenvalue weighted by molar-refractivity contribution is 5.85. The first-order valence-corrected chi connectivity index (χ1v) is 4.56. The highest BCUT2D eigenvalue weighted by Gasteiger charge is 2.43. The van der Waals surface area contributed by atoms with Gasteiger partial charge in [0.15, 0.2) is 0 Å². The van der Waals surface area contributed by atoms with Crippen LogP contribution in [-0.2, 0) is 9.53 Å². The summed E-state index contributed by atoms with van der Waals surface area (Å²) in [7, 11) is 0. The Balaban J connectivity index is 2.19. The molecule has 0 aromatic rings. The second-order valence-electron chi connectivity index (χ2n) is 4.12. The predicted octanol–water partition coefficient (Wildman–Crippen LogP) is 0.786. The van der Waals surface area contributed by atoms with Crippen molar-refractivity contribution in [3.05, 3.63) is 0 Å². The van der Waals surface area contributed by atoms with Crippen LogP contribution in [0, 0.1) is 0 Å². The molecule has 0 aromatic heterocycles. The van der Waals surface area contributed by atoms with E-state index in [2.05, 4.69) is 0 Å². The minimum absolute atomic E-state index is 0.163. The molecule has 0 bridgehead atoms. The normalized spacial score (nSPS) is 33.7. The lowest BCUT2D eigenvalue weighted by Gasteiger charge is -2.39. The van der Waals surface area contributed by atoms with Crippen molar-refractivity contribution in [2.75, 3.05) is 13.2 Å². The number of ether oxygens (including phenoxy) is 1. The smallest absolute Gasteiger partial charge is 0.254 e. The Morgan fingerprint density at radius 2 is 2.33 bits per heavy atom. The van der Waals surface area contributed by atoms with Crippen molar-refractivity contribution in [1.29, 1.82) is 0 Å². The minimum Gasteiger partial charge on any atom is -0.364 e. The summed E-state index contributed by atoms with van der Waals surface area (Å²) >= 11 is 0. The average Bonchev–Trinajstić information content (AvgIpc) is 2.45. The maximum absolute atomic E-state index is 11.7. The molecule has 1 amide bonds. The van der Waals surface area contributed by atoms with Gasteiger partial charge in [0.25, 0.3) is 5.91 Å². The van der Waals surface area contributed by atoms with Crippen LogP contribution in [0.15, 0.2) is 0 Å². The second-order valence-corrected chi connectivity index (χ2v) is 4.12. The van der Waals surface area contributed by atoms with Gasteiger partial charge < -0.3 is 9.64 Å². The maximum atomic E-state index is 11.7. The SMILES string of the molecule is CC1(C)OC[C@@H]2CCCN2C1=O. The molecule has 3 heteroatoms. The molecule has 0 saturated carbocycles. The van der Waals surface area contributed by atoms with Crippen molar-refractivity contribution < 1.29 is 9.53 Å². The van der Waals surface area contributed by atoms with Gasteiger partial charge in [-0.15, -0.1) is 0 Å². The van der Waals surface area contributed by atoms with Crippen LogP contribution in [0.4, 0.5) is 0 Å². The van der Waals surface area contributed by atoms with E-state index in [1.54, 1.807) is 0 Å². The number of carbonyl (C=O) groups excluding carboxylic acids is 1. The predicted molar refractivity (Wildman–Crippen MR) is 44.8 cm³/mol. The van der Waals surface area contributed by atoms with Crippen molar-refractivity contribution in [3.8, 4) is 0 Å². The molecule has 2 aliphatic heterocycles. The molecular formula is C9H15NO2. The number of carbonyl (C=O) groups is 1. The Morgan fingerprint density at radius 3 is 3.08 bits per heavy atom. The summed E-state index contributed by atoms with van der Waals surface area (Å²) in [6.45, 7) is 5.35. The van der Waals surface area contributed by atoms with Crippen LogP contribution in [0.2, 0.25) is 0 Å². The van der Waals surface area contributed by atoms with Gasteiger partial charge in [-0.2, -0.15) is 0 Å². The molecule has 0 spiro atoms. The molecule has 1 atom stereocenters. The van der Waals surface area contributed by atoms with Gasteiger partial charge in [-0.25, -0.2) is 0 Å². The fraction of sp³-hybridized carbons (Fsp3) is 0.889. The van der Waals surface area contributed by atoms with Gasteiger partial charge in [0.1, 0.15) is 5.60 Å². The number of amides is 1. The quantitative estimate of drug-likeness (QED) is 0.536. The largest absolute Gasteiger partial charge is 0.364 e. The van der Waals surface area contributed by atoms with Crippen LogP contribution >= 0.6 is 0 Å². The van der Waals surface area contributed by atoms with Gasteiger partial charge in [0, 0.05) is 6.54 Å². The lowest BCUT2D eigenvalue weighted by molar-refractivity contribution is -0.170. The van der Waals surface area contributed by atoms with E-state index < -0.39 is 5.60 Å². The molecule has 2 rings (SSSR count). The van der Waals surface area contributed by atoms with Gasteiger partial charge in [-0.1, -0.05) is 0 Å². The summed E-state index contributed by atoms with van der Waals surface area (Å²) in [6, 6.07) is 0.366. The number of nitrogens with zero attached hydrogens (tertiary/aromatic N) is 1. The second kappa shape index (κ2) is 2.46. The van der Waals surface area contributed by atoms with Crippen LogP contribution < -0.4 is 0 Å². The van der Waals surface area contributed by atoms with Crippen LogP contribution in [-0.4, -0.2) is 35.6 Å². The summed E-state index contributed by atoms with van der Waals surface area (Å²) in [4.78, 5) is 13.7. The number of hydrogen-bond donors (Lipinski definition) is 0. The molecule has 0 unspecified atom stereocenters. The molecule has 0 aliphatic carbocycles. The summed E-state index contributed by atoms with van der Waals surface area (Å²) in [6.07, 6.45) is 2.25. The molecule has 0 N–H and O–H groups in total. The number of rotatable bonds is 0. The summed E-state index contributed by atoms with van der Waals surface area (Å²) in [5.74, 6) is 0.163. The third-order valence-electron chi connectivity index (χ3n) is 2.79. The first kappa shape index (κ1) is 8.05. The lowest BCUT2D eigenvalue weighted by Crippen LogP contribution is -2.55. The third-order valence-corrected chi connectivity index (χ3v) is 2.79. The fourth-order valence-corrected chi connectivity index (χ4v) is 1.99. The molecule has 3 nitrogen and oxygen atoms in total. The van der Waals surface area contributed by atoms with Crippen molar-refractivity contribution in [3.63, 3.8) is 0 Å². The molecular weight excluding hydrogens is 154 g/mol. The first-order valence-electron chi connectivity index (χ1n) is 4.56. The number of morpholine rings is 1. The Labute approximate surface area is 72.7 Å². The highest BCUT2D eigenvalue weighted by atomic mass is 16.5. The molecule has 68 valence electrons. The van der Waals surface area contributed by atoms with Crippen molar-refractivity contribution in [2.45, 2.75) is 38.3 Å². The monoisotopic (exact) mass is 169 g/mol. The Bertz CT molecular complexity index is 213. The zero-order chi connectivity index (χ0) is 8.77. The Hall–Kier alpha value is -0.570. The van der Waals surface area contributed by atoms with Gasteiger partial charge in [0.05, 0.1) is 12.6 Å². The van der Waals surface area contributed by atoms with Crippen molar-refractivity contribution in [1.82, 2.24) is 4.90 Å². The van der Waals surface area contributed by atoms with E-state index in [9.17, 15) is 4.79 Å². The fourth-order valence-electron chi connectivity index (χ4n) is 1.99. The molecule has 12 heavy (non-hydrogen) atoms. The van der Waals surface area contributed by atoms with Gasteiger partial charge in [-0.3, -0.25) is 4.79 Å². The Kier molecular flexibility index (Phi) is 1.65. The van der Waals surface area contributed by atoms with Crippen LogP contribution in [0.5, 0.6) is 0 Å². The van der Waals surface area contributed by atoms with E-state index in [0.29, 0.717) is 6.04 Å². The van der Waals surface area contributed by atoms with Gasteiger partial charge in [0.2, 0.25) is 0 Å². The number of fused-ring (bicyclic) bond motifs is 1. The lowest BCUT2D eigenvalue weighted by atomic mass is 10.0. The molecule has 2 aliphatic rings. The van der Waals surface area contributed by atoms with E-state index >= 15 is 0 Å². The van der Waals surface area contributed by atoms with Crippen molar-refractivity contribution >= 4 is 5.91 Å². The highest BCUT2D eigenvalue weighted by Crippen LogP contribution is 2.28. The molecule has 0 aromatic carbocycles. The Morgan fingerprint density at radius 1 is 1.58 bits per heavy atom. The maximum Gasteiger partial charge on any atom is 0.254 e. The van der Waals surface area contributed by atoms with E-state index in [1.165, 1.54) is 0 Å². The van der Waals surface area contributed by atoms with E-state index in [-0.39, 0.29) is 5.91 Å². The third kappa shape index (κ3) is 1.04. The van der Waals surface area contributed by atoms with E-state index in [4.69, 9.17) is 4.74 Å². The van der Waals surface area contributed by atoms with E-state index in [1.807, 2.05) is 18.7 Å². The minimum atomic E-state index is -0.582. The zero-order valence-corrected chi connectivity index (χ0v) is 7.67. The number of hydrogen-bond acceptors (Lipinski definition) is 2. The van der Waals surface area contributed by atoms with Crippen LogP contribution in [0.25, 0.3) is 0 Å². The van der Waals surface area contributed by atoms with E-state index in [0.717, 1.165) is 26.0 Å². The zero-order valence-electron chi connectivity index (χ0n) is 7.67. The van der Waals surface area contributed by atoms with Crippen LogP contribution in [0.3, 0.4) is 0 Å². The first-order chi connectivity index (χ1) is 5.61. The summed E-state index contributed by atoms with van der Waals surface area (Å²) in [5, 5.41) is 0.